The molecule has 2 aromatic rings. The Morgan fingerprint density at radius 2 is 1.00 bits per heavy atom. The lowest BCUT2D eigenvalue weighted by molar-refractivity contribution is -0.125. The molecule has 0 radical (unpaired) electrons. The number of carbonyl (C=O) groups is 2. The number of carbonyl (C=O) groups excluding carboxylic acids is 2. The standard InChI is InChI=1S/C18H18N2O4/c1-23-15-7-3-13(4-8-15)19-11-18(22)20(12-17(19)21)14-5-9-16(24-2)10-6-14/h3-10H,11-12H2,1-2H3. The number of rotatable bonds is 4. The van der Waals surface area contributed by atoms with Crippen LogP contribution in [0.5, 0.6) is 11.5 Å². The molecule has 0 aliphatic carbocycles. The number of benzene rings is 2. The summed E-state index contributed by atoms with van der Waals surface area (Å²) in [7, 11) is 3.16. The fraction of sp³-hybridized carbons (Fsp3) is 0.222. The van der Waals surface area contributed by atoms with Gasteiger partial charge in [0.2, 0.25) is 11.8 Å². The highest BCUT2D eigenvalue weighted by Gasteiger charge is 2.31. The van der Waals surface area contributed by atoms with Crippen LogP contribution >= 0.6 is 0 Å². The molecule has 0 N–H and O–H groups in total. The van der Waals surface area contributed by atoms with Gasteiger partial charge in [-0.05, 0) is 48.5 Å². The van der Waals surface area contributed by atoms with Crippen molar-refractivity contribution in [1.82, 2.24) is 0 Å². The van der Waals surface area contributed by atoms with E-state index in [9.17, 15) is 9.59 Å². The lowest BCUT2D eigenvalue weighted by Crippen LogP contribution is -2.54. The normalized spacial score (nSPS) is 14.8. The molecule has 1 saturated heterocycles. The van der Waals surface area contributed by atoms with Crippen molar-refractivity contribution in [2.24, 2.45) is 0 Å². The van der Waals surface area contributed by atoms with Gasteiger partial charge in [0.1, 0.15) is 24.6 Å². The summed E-state index contributed by atoms with van der Waals surface area (Å²) in [4.78, 5) is 27.9. The summed E-state index contributed by atoms with van der Waals surface area (Å²) in [5.41, 5.74) is 1.37. The van der Waals surface area contributed by atoms with E-state index in [1.165, 1.54) is 9.80 Å². The molecule has 1 aliphatic rings. The highest BCUT2D eigenvalue weighted by atomic mass is 16.5. The molecule has 0 saturated carbocycles. The lowest BCUT2D eigenvalue weighted by atomic mass is 10.2. The minimum atomic E-state index is -0.129. The summed E-state index contributed by atoms with van der Waals surface area (Å²) in [5, 5.41) is 0. The average Bonchev–Trinajstić information content (AvgIpc) is 2.63. The molecule has 2 amide bonds. The predicted octanol–water partition coefficient (Wildman–Crippen LogP) is 2.08. The molecule has 2 aromatic carbocycles. The maximum absolute atomic E-state index is 12.5. The smallest absolute Gasteiger partial charge is 0.247 e. The van der Waals surface area contributed by atoms with E-state index in [0.717, 1.165) is 0 Å². The Hall–Kier alpha value is -3.02. The van der Waals surface area contributed by atoms with Crippen molar-refractivity contribution < 1.29 is 19.1 Å². The van der Waals surface area contributed by atoms with Crippen LogP contribution in [0.2, 0.25) is 0 Å². The van der Waals surface area contributed by atoms with Crippen molar-refractivity contribution >= 4 is 23.2 Å². The molecule has 0 atom stereocenters. The quantitative estimate of drug-likeness (QED) is 0.863. The number of nitrogens with zero attached hydrogens (tertiary/aromatic N) is 2. The Morgan fingerprint density at radius 1 is 0.667 bits per heavy atom. The highest BCUT2D eigenvalue weighted by molar-refractivity contribution is 6.12. The molecule has 124 valence electrons. The molecule has 0 unspecified atom stereocenters. The SMILES string of the molecule is COc1ccc(N2CC(=O)N(c3ccc(OC)cc3)CC2=O)cc1. The third kappa shape index (κ3) is 3.03. The van der Waals surface area contributed by atoms with E-state index in [0.29, 0.717) is 22.9 Å². The Morgan fingerprint density at radius 3 is 1.29 bits per heavy atom. The monoisotopic (exact) mass is 326 g/mol. The van der Waals surface area contributed by atoms with Crippen LogP contribution in [-0.2, 0) is 9.59 Å². The van der Waals surface area contributed by atoms with Gasteiger partial charge in [-0.1, -0.05) is 0 Å². The van der Waals surface area contributed by atoms with E-state index in [2.05, 4.69) is 0 Å². The molecule has 6 heteroatoms. The molecule has 6 nitrogen and oxygen atoms in total. The van der Waals surface area contributed by atoms with Crippen LogP contribution in [0.15, 0.2) is 48.5 Å². The number of methoxy groups -OCH3 is 2. The maximum atomic E-state index is 12.5. The first kappa shape index (κ1) is 15.9. The molecular weight excluding hydrogens is 308 g/mol. The van der Waals surface area contributed by atoms with Crippen LogP contribution in [0.25, 0.3) is 0 Å². The maximum Gasteiger partial charge on any atom is 0.247 e. The van der Waals surface area contributed by atoms with Gasteiger partial charge in [-0.25, -0.2) is 0 Å². The van der Waals surface area contributed by atoms with Crippen LogP contribution in [0.4, 0.5) is 11.4 Å². The summed E-state index contributed by atoms with van der Waals surface area (Å²) >= 11 is 0. The molecule has 1 aliphatic heterocycles. The second-order valence-corrected chi connectivity index (χ2v) is 5.36. The van der Waals surface area contributed by atoms with Crippen molar-refractivity contribution in [3.05, 3.63) is 48.5 Å². The fourth-order valence-electron chi connectivity index (χ4n) is 2.61. The van der Waals surface area contributed by atoms with Crippen LogP contribution < -0.4 is 19.3 Å². The molecule has 1 heterocycles. The van der Waals surface area contributed by atoms with E-state index in [-0.39, 0.29) is 24.9 Å². The summed E-state index contributed by atoms with van der Waals surface area (Å²) in [6.45, 7) is 0.0222. The Bertz CT molecular complexity index is 675. The topological polar surface area (TPSA) is 59.1 Å². The van der Waals surface area contributed by atoms with Crippen molar-refractivity contribution in [2.45, 2.75) is 0 Å². The number of anilines is 2. The van der Waals surface area contributed by atoms with Gasteiger partial charge in [-0.15, -0.1) is 0 Å². The minimum Gasteiger partial charge on any atom is -0.497 e. The molecule has 3 rings (SSSR count). The summed E-state index contributed by atoms with van der Waals surface area (Å²) in [5.74, 6) is 1.15. The Kier molecular flexibility index (Phi) is 4.37. The molecule has 0 aromatic heterocycles. The van der Waals surface area contributed by atoms with Crippen molar-refractivity contribution in [3.63, 3.8) is 0 Å². The van der Waals surface area contributed by atoms with Gasteiger partial charge in [0.05, 0.1) is 14.2 Å². The van der Waals surface area contributed by atoms with Gasteiger partial charge in [-0.2, -0.15) is 0 Å². The zero-order valence-corrected chi connectivity index (χ0v) is 13.6. The Labute approximate surface area is 140 Å². The number of amides is 2. The molecule has 24 heavy (non-hydrogen) atoms. The van der Waals surface area contributed by atoms with Crippen molar-refractivity contribution in [3.8, 4) is 11.5 Å². The molecule has 0 spiro atoms. The molecule has 0 bridgehead atoms. The number of piperazine rings is 1. The summed E-state index contributed by atoms with van der Waals surface area (Å²) < 4.78 is 10.2. The fourth-order valence-corrected chi connectivity index (χ4v) is 2.61. The lowest BCUT2D eigenvalue weighted by Gasteiger charge is -2.34. The van der Waals surface area contributed by atoms with Gasteiger partial charge in [0.25, 0.3) is 0 Å². The number of hydrogen-bond acceptors (Lipinski definition) is 4. The summed E-state index contributed by atoms with van der Waals surface area (Å²) in [6.07, 6.45) is 0. The van der Waals surface area contributed by atoms with Crippen molar-refractivity contribution in [1.29, 1.82) is 0 Å². The van der Waals surface area contributed by atoms with Crippen LogP contribution in [0, 0.1) is 0 Å². The zero-order chi connectivity index (χ0) is 17.1. The van der Waals surface area contributed by atoms with Gasteiger partial charge in [0, 0.05) is 11.4 Å². The highest BCUT2D eigenvalue weighted by Crippen LogP contribution is 2.25. The third-order valence-corrected chi connectivity index (χ3v) is 3.96. The third-order valence-electron chi connectivity index (χ3n) is 3.96. The van der Waals surface area contributed by atoms with Gasteiger partial charge >= 0.3 is 0 Å². The number of hydrogen-bond donors (Lipinski definition) is 0. The Balaban J connectivity index is 1.78. The van der Waals surface area contributed by atoms with Gasteiger partial charge < -0.3 is 19.3 Å². The molecular formula is C18H18N2O4. The van der Waals surface area contributed by atoms with Gasteiger partial charge in [-0.3, -0.25) is 9.59 Å². The van der Waals surface area contributed by atoms with E-state index in [1.807, 2.05) is 0 Å². The second-order valence-electron chi connectivity index (χ2n) is 5.36. The van der Waals surface area contributed by atoms with E-state index in [1.54, 1.807) is 62.8 Å². The van der Waals surface area contributed by atoms with E-state index < -0.39 is 0 Å². The minimum absolute atomic E-state index is 0.0111. The second kappa shape index (κ2) is 6.62. The van der Waals surface area contributed by atoms with Crippen LogP contribution in [-0.4, -0.2) is 39.1 Å². The van der Waals surface area contributed by atoms with Crippen molar-refractivity contribution in [2.75, 3.05) is 37.1 Å². The van der Waals surface area contributed by atoms with E-state index >= 15 is 0 Å². The first-order valence-electron chi connectivity index (χ1n) is 7.51. The summed E-state index contributed by atoms with van der Waals surface area (Å²) in [6, 6.07) is 14.2. The first-order chi connectivity index (χ1) is 11.6. The zero-order valence-electron chi connectivity index (χ0n) is 13.6. The average molecular weight is 326 g/mol. The van der Waals surface area contributed by atoms with Crippen LogP contribution in [0.3, 0.4) is 0 Å². The molecule has 1 fully saturated rings. The van der Waals surface area contributed by atoms with Crippen LogP contribution in [0.1, 0.15) is 0 Å². The predicted molar refractivity (Wildman–Crippen MR) is 90.7 cm³/mol. The van der Waals surface area contributed by atoms with E-state index in [4.69, 9.17) is 9.47 Å². The van der Waals surface area contributed by atoms with Gasteiger partial charge in [0.15, 0.2) is 0 Å². The first-order valence-corrected chi connectivity index (χ1v) is 7.51. The number of ether oxygens (including phenoxy) is 2. The largest absolute Gasteiger partial charge is 0.497 e.